The van der Waals surface area contributed by atoms with Gasteiger partial charge in [0, 0.05) is 18.3 Å². The van der Waals surface area contributed by atoms with Gasteiger partial charge in [-0.25, -0.2) is 4.98 Å². The van der Waals surface area contributed by atoms with Crippen molar-refractivity contribution in [1.29, 1.82) is 0 Å². The maximum Gasteiger partial charge on any atom is 0.218 e. The highest BCUT2D eigenvalue weighted by Crippen LogP contribution is 2.15. The zero-order chi connectivity index (χ0) is 10.4. The molecular formula is C11H18N2O. The quantitative estimate of drug-likeness (QED) is 0.778. The van der Waals surface area contributed by atoms with Crippen LogP contribution in [0.2, 0.25) is 0 Å². The van der Waals surface area contributed by atoms with E-state index in [1.54, 1.807) is 6.20 Å². The first-order chi connectivity index (χ1) is 6.74. The minimum Gasteiger partial charge on any atom is -0.475 e. The summed E-state index contributed by atoms with van der Waals surface area (Å²) in [6.07, 6.45) is 1.93. The van der Waals surface area contributed by atoms with Crippen molar-refractivity contribution in [2.24, 2.45) is 0 Å². The fourth-order valence-corrected chi connectivity index (χ4v) is 1.15. The second-order valence-corrected chi connectivity index (χ2v) is 3.41. The standard InChI is InChI=1S/C11H18N2O/c1-4-12-8-10-6-5-7-13-11(10)14-9(2)3/h5-7,9,12H,4,8H2,1-3H3. The lowest BCUT2D eigenvalue weighted by atomic mass is 10.2. The molecule has 0 aromatic carbocycles. The van der Waals surface area contributed by atoms with Gasteiger partial charge in [-0.3, -0.25) is 0 Å². The van der Waals surface area contributed by atoms with Crippen LogP contribution in [0, 0.1) is 0 Å². The summed E-state index contributed by atoms with van der Waals surface area (Å²) >= 11 is 0. The predicted molar refractivity (Wildman–Crippen MR) is 57.4 cm³/mol. The molecule has 0 aliphatic heterocycles. The summed E-state index contributed by atoms with van der Waals surface area (Å²) in [4.78, 5) is 4.21. The lowest BCUT2D eigenvalue weighted by Gasteiger charge is -2.12. The van der Waals surface area contributed by atoms with Gasteiger partial charge in [-0.1, -0.05) is 13.0 Å². The Morgan fingerprint density at radius 2 is 2.29 bits per heavy atom. The molecule has 0 radical (unpaired) electrons. The third-order valence-electron chi connectivity index (χ3n) is 1.76. The smallest absolute Gasteiger partial charge is 0.218 e. The Labute approximate surface area is 85.5 Å². The number of nitrogens with one attached hydrogen (secondary N) is 1. The fourth-order valence-electron chi connectivity index (χ4n) is 1.15. The Bertz CT molecular complexity index is 274. The van der Waals surface area contributed by atoms with Gasteiger partial charge in [-0.2, -0.15) is 0 Å². The number of pyridine rings is 1. The van der Waals surface area contributed by atoms with Crippen LogP contribution in [0.5, 0.6) is 5.88 Å². The van der Waals surface area contributed by atoms with Gasteiger partial charge in [-0.15, -0.1) is 0 Å². The van der Waals surface area contributed by atoms with Crippen LogP contribution >= 0.6 is 0 Å². The number of rotatable bonds is 5. The molecule has 0 fully saturated rings. The molecule has 1 rings (SSSR count). The van der Waals surface area contributed by atoms with Crippen LogP contribution in [0.25, 0.3) is 0 Å². The van der Waals surface area contributed by atoms with Crippen LogP contribution < -0.4 is 10.1 Å². The van der Waals surface area contributed by atoms with E-state index in [2.05, 4.69) is 17.2 Å². The SMILES string of the molecule is CCNCc1cccnc1OC(C)C. The van der Waals surface area contributed by atoms with Crippen LogP contribution in [0.15, 0.2) is 18.3 Å². The molecule has 14 heavy (non-hydrogen) atoms. The van der Waals surface area contributed by atoms with Crippen molar-refractivity contribution < 1.29 is 4.74 Å². The van der Waals surface area contributed by atoms with E-state index in [1.807, 2.05) is 26.0 Å². The van der Waals surface area contributed by atoms with E-state index >= 15 is 0 Å². The van der Waals surface area contributed by atoms with Crippen molar-refractivity contribution >= 4 is 0 Å². The highest BCUT2D eigenvalue weighted by Gasteiger charge is 2.05. The van der Waals surface area contributed by atoms with E-state index in [9.17, 15) is 0 Å². The molecular weight excluding hydrogens is 176 g/mol. The zero-order valence-electron chi connectivity index (χ0n) is 9.08. The van der Waals surface area contributed by atoms with E-state index in [-0.39, 0.29) is 6.10 Å². The molecule has 3 nitrogen and oxygen atoms in total. The van der Waals surface area contributed by atoms with Gasteiger partial charge in [0.15, 0.2) is 0 Å². The van der Waals surface area contributed by atoms with Gasteiger partial charge in [0.1, 0.15) is 0 Å². The third kappa shape index (κ3) is 3.34. The Balaban J connectivity index is 2.69. The Kier molecular flexibility index (Phi) is 4.40. The lowest BCUT2D eigenvalue weighted by Crippen LogP contribution is -2.15. The van der Waals surface area contributed by atoms with Crippen molar-refractivity contribution in [3.05, 3.63) is 23.9 Å². The van der Waals surface area contributed by atoms with Crippen molar-refractivity contribution in [1.82, 2.24) is 10.3 Å². The monoisotopic (exact) mass is 194 g/mol. The first-order valence-corrected chi connectivity index (χ1v) is 5.05. The molecule has 0 spiro atoms. The van der Waals surface area contributed by atoms with E-state index in [0.717, 1.165) is 24.5 Å². The third-order valence-corrected chi connectivity index (χ3v) is 1.76. The molecule has 1 heterocycles. The summed E-state index contributed by atoms with van der Waals surface area (Å²) in [6.45, 7) is 7.86. The molecule has 0 saturated heterocycles. The summed E-state index contributed by atoms with van der Waals surface area (Å²) in [6, 6.07) is 3.97. The molecule has 0 aliphatic carbocycles. The average Bonchev–Trinajstić information content (AvgIpc) is 2.16. The van der Waals surface area contributed by atoms with Crippen LogP contribution in [-0.4, -0.2) is 17.6 Å². The minimum atomic E-state index is 0.172. The number of hydrogen-bond donors (Lipinski definition) is 1. The first-order valence-electron chi connectivity index (χ1n) is 5.05. The Hall–Kier alpha value is -1.09. The molecule has 0 bridgehead atoms. The molecule has 0 amide bonds. The largest absolute Gasteiger partial charge is 0.475 e. The molecule has 0 unspecified atom stereocenters. The number of hydrogen-bond acceptors (Lipinski definition) is 3. The van der Waals surface area contributed by atoms with Crippen LogP contribution in [-0.2, 0) is 6.54 Å². The van der Waals surface area contributed by atoms with Gasteiger partial charge in [0.2, 0.25) is 5.88 Å². The van der Waals surface area contributed by atoms with E-state index in [0.29, 0.717) is 0 Å². The Morgan fingerprint density at radius 3 is 2.93 bits per heavy atom. The highest BCUT2D eigenvalue weighted by atomic mass is 16.5. The summed E-state index contributed by atoms with van der Waals surface area (Å²) in [5, 5.41) is 3.26. The number of nitrogens with zero attached hydrogens (tertiary/aromatic N) is 1. The topological polar surface area (TPSA) is 34.2 Å². The van der Waals surface area contributed by atoms with E-state index in [1.165, 1.54) is 0 Å². The van der Waals surface area contributed by atoms with Gasteiger partial charge >= 0.3 is 0 Å². The van der Waals surface area contributed by atoms with Crippen molar-refractivity contribution in [2.45, 2.75) is 33.4 Å². The van der Waals surface area contributed by atoms with Crippen molar-refractivity contribution in [2.75, 3.05) is 6.54 Å². The molecule has 1 N–H and O–H groups in total. The maximum absolute atomic E-state index is 5.59. The summed E-state index contributed by atoms with van der Waals surface area (Å²) < 4.78 is 5.59. The van der Waals surface area contributed by atoms with E-state index in [4.69, 9.17) is 4.74 Å². The maximum atomic E-state index is 5.59. The second-order valence-electron chi connectivity index (χ2n) is 3.41. The highest BCUT2D eigenvalue weighted by molar-refractivity contribution is 5.25. The summed E-state index contributed by atoms with van der Waals surface area (Å²) in [5.74, 6) is 0.739. The minimum absolute atomic E-state index is 0.172. The fraction of sp³-hybridized carbons (Fsp3) is 0.545. The predicted octanol–water partition coefficient (Wildman–Crippen LogP) is 1.98. The first kappa shape index (κ1) is 11.0. The summed E-state index contributed by atoms with van der Waals surface area (Å²) in [7, 11) is 0. The number of aromatic nitrogens is 1. The van der Waals surface area contributed by atoms with Gasteiger partial charge in [-0.05, 0) is 26.5 Å². The molecule has 0 saturated carbocycles. The molecule has 78 valence electrons. The summed E-state index contributed by atoms with van der Waals surface area (Å²) in [5.41, 5.74) is 1.11. The van der Waals surface area contributed by atoms with Crippen molar-refractivity contribution in [3.8, 4) is 5.88 Å². The van der Waals surface area contributed by atoms with Gasteiger partial charge < -0.3 is 10.1 Å². The molecule has 0 atom stereocenters. The van der Waals surface area contributed by atoms with Crippen LogP contribution in [0.4, 0.5) is 0 Å². The average molecular weight is 194 g/mol. The van der Waals surface area contributed by atoms with E-state index < -0.39 is 0 Å². The van der Waals surface area contributed by atoms with Crippen LogP contribution in [0.3, 0.4) is 0 Å². The normalized spacial score (nSPS) is 10.6. The second kappa shape index (κ2) is 5.60. The van der Waals surface area contributed by atoms with Crippen molar-refractivity contribution in [3.63, 3.8) is 0 Å². The van der Waals surface area contributed by atoms with Gasteiger partial charge in [0.25, 0.3) is 0 Å². The molecule has 0 aliphatic rings. The lowest BCUT2D eigenvalue weighted by molar-refractivity contribution is 0.229. The number of ether oxygens (including phenoxy) is 1. The Morgan fingerprint density at radius 1 is 1.50 bits per heavy atom. The molecule has 1 aromatic rings. The molecule has 1 aromatic heterocycles. The molecule has 3 heteroatoms. The van der Waals surface area contributed by atoms with Gasteiger partial charge in [0.05, 0.1) is 6.10 Å². The van der Waals surface area contributed by atoms with Crippen LogP contribution in [0.1, 0.15) is 26.3 Å². The zero-order valence-corrected chi connectivity index (χ0v) is 9.08.